The number of hydrogen-bond donors (Lipinski definition) is 3. The number of carboxylic acids is 1. The van der Waals surface area contributed by atoms with Gasteiger partial charge in [-0.1, -0.05) is 35.9 Å². The Balaban J connectivity index is 1.63. The molecular weight excluding hydrogens is 469 g/mol. The zero-order valence-electron chi connectivity index (χ0n) is 17.7. The lowest BCUT2D eigenvalue weighted by Gasteiger charge is -2.18. The summed E-state index contributed by atoms with van der Waals surface area (Å²) in [5, 5.41) is 23.0. The maximum Gasteiger partial charge on any atom is 0.338 e. The molecule has 9 heteroatoms. The highest BCUT2D eigenvalue weighted by Crippen LogP contribution is 2.24. The van der Waals surface area contributed by atoms with E-state index in [4.69, 9.17) is 16.7 Å². The van der Waals surface area contributed by atoms with E-state index in [0.29, 0.717) is 29.6 Å². The fraction of sp³-hybridized carbons (Fsp3) is 0.208. The number of aliphatic hydroxyl groups is 1. The Hall–Kier alpha value is -2.78. The first kappa shape index (κ1) is 24.9. The van der Waals surface area contributed by atoms with Crippen molar-refractivity contribution in [3.63, 3.8) is 0 Å². The van der Waals surface area contributed by atoms with E-state index >= 15 is 0 Å². The predicted octanol–water partition coefficient (Wildman–Crippen LogP) is 4.26. The lowest BCUT2D eigenvalue weighted by molar-refractivity contribution is 0.0691. The van der Waals surface area contributed by atoms with Crippen molar-refractivity contribution in [3.8, 4) is 0 Å². The van der Waals surface area contributed by atoms with E-state index in [1.807, 2.05) is 6.92 Å². The molecular formula is C24H23ClFNO5S. The lowest BCUT2D eigenvalue weighted by Crippen LogP contribution is -2.32. The number of halogens is 2. The Bertz CT molecular complexity index is 1250. The third-order valence-electron chi connectivity index (χ3n) is 5.15. The number of carboxylic acid groups (broad SMARTS) is 1. The summed E-state index contributed by atoms with van der Waals surface area (Å²) in [5.41, 5.74) is 0.995. The molecule has 6 nitrogen and oxygen atoms in total. The number of nitrogens with one attached hydrogen (secondary N) is 1. The molecule has 0 unspecified atom stereocenters. The molecule has 2 atom stereocenters. The van der Waals surface area contributed by atoms with Crippen LogP contribution in [0.25, 0.3) is 0 Å². The number of carbonyl (C=O) groups is 1. The van der Waals surface area contributed by atoms with Crippen LogP contribution in [0.3, 0.4) is 0 Å². The van der Waals surface area contributed by atoms with Crippen LogP contribution in [-0.2, 0) is 16.3 Å². The lowest BCUT2D eigenvalue weighted by atomic mass is 10.1. The van der Waals surface area contributed by atoms with Crippen LogP contribution in [0.4, 0.5) is 4.39 Å². The van der Waals surface area contributed by atoms with Crippen molar-refractivity contribution < 1.29 is 27.8 Å². The van der Waals surface area contributed by atoms with Crippen LogP contribution < -0.4 is 5.32 Å². The van der Waals surface area contributed by atoms with Gasteiger partial charge in [-0.25, -0.2) is 17.6 Å². The van der Waals surface area contributed by atoms with E-state index in [1.54, 1.807) is 36.4 Å². The fourth-order valence-electron chi connectivity index (χ4n) is 3.35. The van der Waals surface area contributed by atoms with Crippen molar-refractivity contribution in [1.82, 2.24) is 5.32 Å². The van der Waals surface area contributed by atoms with Gasteiger partial charge >= 0.3 is 5.97 Å². The maximum atomic E-state index is 13.9. The molecule has 0 heterocycles. The van der Waals surface area contributed by atoms with Crippen LogP contribution >= 0.6 is 11.6 Å². The predicted molar refractivity (Wildman–Crippen MR) is 123 cm³/mol. The number of aliphatic hydroxyl groups excluding tert-OH is 1. The summed E-state index contributed by atoms with van der Waals surface area (Å²) in [5.74, 6) is -2.58. The second-order valence-electron chi connectivity index (χ2n) is 7.68. The van der Waals surface area contributed by atoms with Gasteiger partial charge in [0.2, 0.25) is 9.84 Å². The molecule has 0 spiro atoms. The molecule has 0 saturated heterocycles. The summed E-state index contributed by atoms with van der Waals surface area (Å²) in [6, 6.07) is 15.9. The van der Waals surface area contributed by atoms with Crippen molar-refractivity contribution in [2.24, 2.45) is 0 Å². The molecule has 33 heavy (non-hydrogen) atoms. The van der Waals surface area contributed by atoms with Crippen LogP contribution in [-0.4, -0.2) is 37.2 Å². The van der Waals surface area contributed by atoms with Crippen LogP contribution in [0.15, 0.2) is 76.5 Å². The quantitative estimate of drug-likeness (QED) is 0.413. The summed E-state index contributed by atoms with van der Waals surface area (Å²) in [6.45, 7) is 2.27. The minimum Gasteiger partial charge on any atom is -0.478 e. The monoisotopic (exact) mass is 491 g/mol. The van der Waals surface area contributed by atoms with Crippen molar-refractivity contribution in [2.75, 3.05) is 6.54 Å². The summed E-state index contributed by atoms with van der Waals surface area (Å²) in [4.78, 5) is 10.6. The molecule has 3 aromatic rings. The number of rotatable bonds is 9. The van der Waals surface area contributed by atoms with Gasteiger partial charge in [0, 0.05) is 17.6 Å². The largest absolute Gasteiger partial charge is 0.478 e. The summed E-state index contributed by atoms with van der Waals surface area (Å²) >= 11 is 5.95. The summed E-state index contributed by atoms with van der Waals surface area (Å²) < 4.78 is 39.5. The van der Waals surface area contributed by atoms with Gasteiger partial charge in [0.1, 0.15) is 5.82 Å². The highest BCUT2D eigenvalue weighted by atomic mass is 35.5. The molecule has 3 N–H and O–H groups in total. The first-order valence-corrected chi connectivity index (χ1v) is 12.0. The van der Waals surface area contributed by atoms with E-state index in [-0.39, 0.29) is 15.8 Å². The molecule has 0 amide bonds. The van der Waals surface area contributed by atoms with Crippen molar-refractivity contribution in [2.45, 2.75) is 35.3 Å². The molecule has 0 aliphatic carbocycles. The van der Waals surface area contributed by atoms with E-state index in [0.717, 1.165) is 17.7 Å². The van der Waals surface area contributed by atoms with Gasteiger partial charge in [0.15, 0.2) is 0 Å². The minimum atomic E-state index is -4.00. The number of aromatic carboxylic acids is 1. The van der Waals surface area contributed by atoms with Gasteiger partial charge in [-0.05, 0) is 66.9 Å². The van der Waals surface area contributed by atoms with Gasteiger partial charge in [0.25, 0.3) is 0 Å². The molecule has 3 aromatic carbocycles. The molecule has 3 rings (SSSR count). The smallest absolute Gasteiger partial charge is 0.338 e. The number of sulfone groups is 1. The molecule has 0 aromatic heterocycles. The Morgan fingerprint density at radius 1 is 1.06 bits per heavy atom. The standard InChI is InChI=1S/C24H23ClFNO5S/c1-15(27-14-23(28)17-3-2-4-18(25)12-17)11-16-5-7-19(8-6-16)33(31,32)20-9-10-21(24(29)30)22(26)13-20/h2-10,12-13,15,23,27-28H,11,14H2,1H3,(H,29,30)/t15-,23-/m1/s1. The molecule has 0 fully saturated rings. The second-order valence-corrected chi connectivity index (χ2v) is 10.1. The first-order valence-electron chi connectivity index (χ1n) is 10.1. The van der Waals surface area contributed by atoms with Gasteiger partial charge in [-0.15, -0.1) is 0 Å². The van der Waals surface area contributed by atoms with E-state index < -0.39 is 33.3 Å². The van der Waals surface area contributed by atoms with Crippen molar-refractivity contribution in [1.29, 1.82) is 0 Å². The third-order valence-corrected chi connectivity index (χ3v) is 7.15. The van der Waals surface area contributed by atoms with E-state index in [9.17, 15) is 22.7 Å². The zero-order valence-corrected chi connectivity index (χ0v) is 19.3. The highest BCUT2D eigenvalue weighted by Gasteiger charge is 2.21. The van der Waals surface area contributed by atoms with E-state index in [2.05, 4.69) is 5.32 Å². The summed E-state index contributed by atoms with van der Waals surface area (Å²) in [6.07, 6.45) is -0.128. The van der Waals surface area contributed by atoms with Gasteiger partial charge in [-0.2, -0.15) is 0 Å². The van der Waals surface area contributed by atoms with E-state index in [1.165, 1.54) is 12.1 Å². The Morgan fingerprint density at radius 2 is 1.73 bits per heavy atom. The highest BCUT2D eigenvalue weighted by molar-refractivity contribution is 7.91. The van der Waals surface area contributed by atoms with Crippen LogP contribution in [0, 0.1) is 5.82 Å². The second kappa shape index (κ2) is 10.4. The third kappa shape index (κ3) is 6.17. The first-order chi connectivity index (χ1) is 15.6. The molecule has 0 saturated carbocycles. The molecule has 174 valence electrons. The number of benzene rings is 3. The van der Waals surface area contributed by atoms with Crippen LogP contribution in [0.1, 0.15) is 34.5 Å². The maximum absolute atomic E-state index is 13.9. The van der Waals surface area contributed by atoms with Gasteiger partial charge in [0.05, 0.1) is 21.5 Å². The minimum absolute atomic E-state index is 0.000972. The SMILES string of the molecule is C[C@H](Cc1ccc(S(=O)(=O)c2ccc(C(=O)O)c(F)c2)cc1)NC[C@@H](O)c1cccc(Cl)c1. The van der Waals surface area contributed by atoms with Crippen LogP contribution in [0.5, 0.6) is 0 Å². The normalized spacial score (nSPS) is 13.5. The molecule has 0 aliphatic rings. The Morgan fingerprint density at radius 3 is 2.33 bits per heavy atom. The van der Waals surface area contributed by atoms with Gasteiger partial charge in [-0.3, -0.25) is 0 Å². The zero-order chi connectivity index (χ0) is 24.2. The van der Waals surface area contributed by atoms with Crippen molar-refractivity contribution >= 4 is 27.4 Å². The average molecular weight is 492 g/mol. The van der Waals surface area contributed by atoms with Crippen molar-refractivity contribution in [3.05, 3.63) is 94.3 Å². The Kier molecular flexibility index (Phi) is 7.86. The molecule has 0 radical (unpaired) electrons. The Labute approximate surface area is 196 Å². The summed E-state index contributed by atoms with van der Waals surface area (Å²) in [7, 11) is -4.00. The fourth-order valence-corrected chi connectivity index (χ4v) is 4.82. The average Bonchev–Trinajstić information content (AvgIpc) is 2.77. The molecule has 0 aliphatic heterocycles. The topological polar surface area (TPSA) is 104 Å². The number of hydrogen-bond acceptors (Lipinski definition) is 5. The molecule has 0 bridgehead atoms. The van der Waals surface area contributed by atoms with Gasteiger partial charge < -0.3 is 15.5 Å². The van der Waals surface area contributed by atoms with Crippen LogP contribution in [0.2, 0.25) is 5.02 Å².